The van der Waals surface area contributed by atoms with Gasteiger partial charge in [0.2, 0.25) is 5.91 Å². The van der Waals surface area contributed by atoms with Gasteiger partial charge >= 0.3 is 0 Å². The summed E-state index contributed by atoms with van der Waals surface area (Å²) in [6.45, 7) is 7.41. The lowest BCUT2D eigenvalue weighted by Crippen LogP contribution is -2.39. The maximum absolute atomic E-state index is 11.9. The van der Waals surface area contributed by atoms with Crippen molar-refractivity contribution in [3.63, 3.8) is 0 Å². The number of halogens is 1. The predicted molar refractivity (Wildman–Crippen MR) is 112 cm³/mol. The van der Waals surface area contributed by atoms with Crippen molar-refractivity contribution in [3.8, 4) is 0 Å². The summed E-state index contributed by atoms with van der Waals surface area (Å²) in [7, 11) is 0. The quantitative estimate of drug-likeness (QED) is 0.393. The molecule has 2 unspecified atom stereocenters. The van der Waals surface area contributed by atoms with Gasteiger partial charge in [0, 0.05) is 32.1 Å². The molecule has 1 aliphatic carbocycles. The Morgan fingerprint density at radius 3 is 2.64 bits per heavy atom. The molecule has 0 spiro atoms. The number of aliphatic imine (C=N–C) groups is 1. The zero-order chi connectivity index (χ0) is 16.9. The first-order chi connectivity index (χ1) is 11.7. The molecule has 6 heteroatoms. The van der Waals surface area contributed by atoms with Crippen LogP contribution in [-0.2, 0) is 17.9 Å². The zero-order valence-corrected chi connectivity index (χ0v) is 17.5. The Morgan fingerprint density at radius 2 is 2.04 bits per heavy atom. The summed E-state index contributed by atoms with van der Waals surface area (Å²) in [4.78, 5) is 18.6. The van der Waals surface area contributed by atoms with Gasteiger partial charge in [0.05, 0.1) is 6.54 Å². The Balaban J connectivity index is 0.00000225. The number of hydrogen-bond acceptors (Lipinski definition) is 2. The van der Waals surface area contributed by atoms with Gasteiger partial charge in [-0.1, -0.05) is 31.2 Å². The Hall–Kier alpha value is -1.31. The van der Waals surface area contributed by atoms with Gasteiger partial charge < -0.3 is 15.5 Å². The highest BCUT2D eigenvalue weighted by molar-refractivity contribution is 14.0. The number of carbonyl (C=O) groups excluding carboxylic acids is 1. The molecule has 1 saturated carbocycles. The van der Waals surface area contributed by atoms with Gasteiger partial charge in [-0.15, -0.1) is 24.0 Å². The van der Waals surface area contributed by atoms with Crippen LogP contribution in [0.2, 0.25) is 0 Å². The predicted octanol–water partition coefficient (Wildman–Crippen LogP) is 2.89. The highest BCUT2D eigenvalue weighted by Gasteiger charge is 2.33. The first-order valence-corrected chi connectivity index (χ1v) is 9.06. The molecule has 2 N–H and O–H groups in total. The smallest absolute Gasteiger partial charge is 0.222 e. The summed E-state index contributed by atoms with van der Waals surface area (Å²) in [6, 6.07) is 8.87. The monoisotopic (exact) mass is 456 g/mol. The van der Waals surface area contributed by atoms with Gasteiger partial charge in [-0.25, -0.2) is 4.99 Å². The van der Waals surface area contributed by atoms with Gasteiger partial charge in [0.15, 0.2) is 5.96 Å². The van der Waals surface area contributed by atoms with Gasteiger partial charge in [0.25, 0.3) is 0 Å². The standard InChI is InChI=1S/C19H28N4O.HI/c1-3-20-19(22-17-11-14(17)2)21-12-15-7-4-5-8-16(15)13-23-10-6-9-18(23)24;/h4-5,7-8,14,17H,3,6,9-13H2,1-2H3,(H2,20,21,22);1H. The largest absolute Gasteiger partial charge is 0.357 e. The minimum atomic E-state index is 0. The number of nitrogens with one attached hydrogen (secondary N) is 2. The SMILES string of the molecule is CCNC(=NCc1ccccc1CN1CCCC1=O)NC1CC1C.I. The Labute approximate surface area is 167 Å². The van der Waals surface area contributed by atoms with Crippen LogP contribution in [0.15, 0.2) is 29.3 Å². The highest BCUT2D eigenvalue weighted by Crippen LogP contribution is 2.28. The molecule has 25 heavy (non-hydrogen) atoms. The summed E-state index contributed by atoms with van der Waals surface area (Å²) in [5.41, 5.74) is 2.39. The normalized spacial score (nSPS) is 22.6. The maximum atomic E-state index is 11.9. The topological polar surface area (TPSA) is 56.7 Å². The second-order valence-corrected chi connectivity index (χ2v) is 6.85. The molecule has 0 bridgehead atoms. The lowest BCUT2D eigenvalue weighted by Gasteiger charge is -2.18. The van der Waals surface area contributed by atoms with Crippen molar-refractivity contribution >= 4 is 35.8 Å². The molecule has 1 heterocycles. The van der Waals surface area contributed by atoms with E-state index in [0.29, 0.717) is 25.6 Å². The molecule has 1 aromatic rings. The van der Waals surface area contributed by atoms with Gasteiger partial charge in [-0.3, -0.25) is 4.79 Å². The van der Waals surface area contributed by atoms with Crippen LogP contribution < -0.4 is 10.6 Å². The Kier molecular flexibility index (Phi) is 7.53. The summed E-state index contributed by atoms with van der Waals surface area (Å²) < 4.78 is 0. The maximum Gasteiger partial charge on any atom is 0.222 e. The molecule has 2 aliphatic rings. The van der Waals surface area contributed by atoms with Gasteiger partial charge in [0.1, 0.15) is 0 Å². The molecule has 3 rings (SSSR count). The fourth-order valence-corrected chi connectivity index (χ4v) is 3.13. The average molecular weight is 456 g/mol. The van der Waals surface area contributed by atoms with E-state index < -0.39 is 0 Å². The molecule has 2 atom stereocenters. The zero-order valence-electron chi connectivity index (χ0n) is 15.1. The van der Waals surface area contributed by atoms with Crippen LogP contribution in [0.5, 0.6) is 0 Å². The first-order valence-electron chi connectivity index (χ1n) is 9.06. The molecular weight excluding hydrogens is 427 g/mol. The summed E-state index contributed by atoms with van der Waals surface area (Å²) >= 11 is 0. The number of nitrogens with zero attached hydrogens (tertiary/aromatic N) is 2. The fraction of sp³-hybridized carbons (Fsp3) is 0.579. The molecule has 1 amide bonds. The number of benzene rings is 1. The number of hydrogen-bond donors (Lipinski definition) is 2. The van der Waals surface area contributed by atoms with Crippen molar-refractivity contribution in [1.82, 2.24) is 15.5 Å². The first kappa shape index (κ1) is 20.0. The minimum absolute atomic E-state index is 0. The Bertz CT molecular complexity index is 619. The van der Waals surface area contributed by atoms with Crippen LogP contribution in [0.3, 0.4) is 0 Å². The third-order valence-corrected chi connectivity index (χ3v) is 4.83. The third-order valence-electron chi connectivity index (χ3n) is 4.83. The summed E-state index contributed by atoms with van der Waals surface area (Å²) in [5.74, 6) is 1.90. The highest BCUT2D eigenvalue weighted by atomic mass is 127. The van der Waals surface area contributed by atoms with E-state index in [-0.39, 0.29) is 29.9 Å². The van der Waals surface area contributed by atoms with Crippen LogP contribution >= 0.6 is 24.0 Å². The summed E-state index contributed by atoms with van der Waals surface area (Å²) in [6.07, 6.45) is 2.89. The molecule has 2 fully saturated rings. The lowest BCUT2D eigenvalue weighted by molar-refractivity contribution is -0.128. The van der Waals surface area contributed by atoms with E-state index in [9.17, 15) is 4.79 Å². The molecule has 5 nitrogen and oxygen atoms in total. The Morgan fingerprint density at radius 1 is 1.32 bits per heavy atom. The lowest BCUT2D eigenvalue weighted by atomic mass is 10.1. The van der Waals surface area contributed by atoms with Crippen LogP contribution in [-0.4, -0.2) is 35.9 Å². The van der Waals surface area contributed by atoms with Crippen molar-refractivity contribution in [3.05, 3.63) is 35.4 Å². The minimum Gasteiger partial charge on any atom is -0.357 e. The molecule has 0 radical (unpaired) electrons. The fourth-order valence-electron chi connectivity index (χ4n) is 3.13. The van der Waals surface area contributed by atoms with E-state index in [4.69, 9.17) is 4.99 Å². The van der Waals surface area contributed by atoms with Crippen LogP contribution in [0, 0.1) is 5.92 Å². The van der Waals surface area contributed by atoms with E-state index in [0.717, 1.165) is 31.4 Å². The van der Waals surface area contributed by atoms with E-state index in [1.807, 2.05) is 17.0 Å². The number of carbonyl (C=O) groups is 1. The molecular formula is C19H29IN4O. The number of amides is 1. The van der Waals surface area contributed by atoms with E-state index in [2.05, 4.69) is 36.6 Å². The average Bonchev–Trinajstić information content (AvgIpc) is 3.11. The molecule has 138 valence electrons. The second-order valence-electron chi connectivity index (χ2n) is 6.85. The number of likely N-dealkylation sites (tertiary alicyclic amines) is 1. The van der Waals surface area contributed by atoms with Gasteiger partial charge in [-0.2, -0.15) is 0 Å². The van der Waals surface area contributed by atoms with Crippen LogP contribution in [0.1, 0.15) is 44.2 Å². The molecule has 1 saturated heterocycles. The molecule has 1 aromatic carbocycles. The van der Waals surface area contributed by atoms with Crippen LogP contribution in [0.4, 0.5) is 0 Å². The second kappa shape index (κ2) is 9.40. The van der Waals surface area contributed by atoms with E-state index in [1.54, 1.807) is 0 Å². The van der Waals surface area contributed by atoms with Crippen molar-refractivity contribution < 1.29 is 4.79 Å². The number of guanidine groups is 1. The summed E-state index contributed by atoms with van der Waals surface area (Å²) in [5, 5.41) is 6.80. The van der Waals surface area contributed by atoms with E-state index in [1.165, 1.54) is 17.5 Å². The van der Waals surface area contributed by atoms with Crippen LogP contribution in [0.25, 0.3) is 0 Å². The molecule has 1 aliphatic heterocycles. The van der Waals surface area contributed by atoms with E-state index >= 15 is 0 Å². The number of rotatable bonds is 6. The van der Waals surface area contributed by atoms with Crippen molar-refractivity contribution in [2.45, 2.75) is 52.2 Å². The van der Waals surface area contributed by atoms with Crippen molar-refractivity contribution in [2.24, 2.45) is 10.9 Å². The van der Waals surface area contributed by atoms with Crippen molar-refractivity contribution in [1.29, 1.82) is 0 Å². The molecule has 0 aromatic heterocycles. The third kappa shape index (κ3) is 5.59. The van der Waals surface area contributed by atoms with Gasteiger partial charge in [-0.05, 0) is 36.8 Å². The van der Waals surface area contributed by atoms with Crippen molar-refractivity contribution in [2.75, 3.05) is 13.1 Å².